The number of halogens is 5. The molecule has 0 atom stereocenters. The Bertz CT molecular complexity index is 893. The maximum atomic E-state index is 12.9. The number of nitrogens with one attached hydrogen (secondary N) is 2. The van der Waals surface area contributed by atoms with Crippen LogP contribution < -0.4 is 16.4 Å². The maximum Gasteiger partial charge on any atom is 0.416 e. The summed E-state index contributed by atoms with van der Waals surface area (Å²) in [5, 5.41) is 6.38. The lowest BCUT2D eigenvalue weighted by Gasteiger charge is -2.29. The van der Waals surface area contributed by atoms with Crippen molar-refractivity contribution in [3.05, 3.63) is 69.7 Å². The second-order valence-corrected chi connectivity index (χ2v) is 8.35. The van der Waals surface area contributed by atoms with Crippen LogP contribution in [0.25, 0.3) is 0 Å². The topological polar surface area (TPSA) is 76.4 Å². The molecular formula is C22H26Cl2F3N3O2. The lowest BCUT2D eigenvalue weighted by Crippen LogP contribution is -2.39. The molecule has 1 aliphatic rings. The fourth-order valence-electron chi connectivity index (χ4n) is 3.33. The van der Waals surface area contributed by atoms with E-state index in [2.05, 4.69) is 17.2 Å². The van der Waals surface area contributed by atoms with E-state index in [9.17, 15) is 18.0 Å². The maximum absolute atomic E-state index is 12.9. The van der Waals surface area contributed by atoms with E-state index < -0.39 is 17.6 Å². The van der Waals surface area contributed by atoms with E-state index in [4.69, 9.17) is 33.7 Å². The van der Waals surface area contributed by atoms with Gasteiger partial charge in [0, 0.05) is 18.3 Å². The lowest BCUT2D eigenvalue weighted by atomic mass is 9.86. The van der Waals surface area contributed by atoms with Gasteiger partial charge in [-0.05, 0) is 62.0 Å². The number of hydrogen-bond acceptors (Lipinski definition) is 4. The summed E-state index contributed by atoms with van der Waals surface area (Å²) in [6.45, 7) is 4.55. The van der Waals surface area contributed by atoms with Gasteiger partial charge in [-0.15, -0.1) is 0 Å². The highest BCUT2D eigenvalue weighted by Gasteiger charge is 2.32. The third-order valence-corrected chi connectivity index (χ3v) is 5.93. The van der Waals surface area contributed by atoms with Gasteiger partial charge < -0.3 is 21.1 Å². The summed E-state index contributed by atoms with van der Waals surface area (Å²) in [7, 11) is 1.45. The summed E-state index contributed by atoms with van der Waals surface area (Å²) in [5.41, 5.74) is 5.00. The van der Waals surface area contributed by atoms with Crippen LogP contribution in [-0.2, 0) is 10.9 Å². The van der Waals surface area contributed by atoms with Crippen LogP contribution >= 0.6 is 23.2 Å². The second-order valence-electron chi connectivity index (χ2n) is 7.53. The predicted molar refractivity (Wildman–Crippen MR) is 120 cm³/mol. The molecule has 5 nitrogen and oxygen atoms in total. The van der Waals surface area contributed by atoms with E-state index in [-0.39, 0.29) is 22.5 Å². The standard InChI is InChI=1S/C22H26Cl2F3N3O2/c1-13(18(23)9-10-20(28)32-2)29-12-14-3-6-16(7-4-14)30-21(31)17-11-15(22(25,26)27)5-8-19(17)24/h5,8-11,14,16,29H,1,3-4,6-7,12,28H2,2H3,(H,30,31)/b18-9+,20-10+. The molecule has 0 unspecified atom stereocenters. The first-order chi connectivity index (χ1) is 15.0. The molecule has 1 aliphatic carbocycles. The van der Waals surface area contributed by atoms with Gasteiger partial charge in [0.25, 0.3) is 5.91 Å². The van der Waals surface area contributed by atoms with Crippen molar-refractivity contribution in [3.8, 4) is 0 Å². The summed E-state index contributed by atoms with van der Waals surface area (Å²) in [5.74, 6) is -0.0276. The monoisotopic (exact) mass is 491 g/mol. The number of benzene rings is 1. The zero-order valence-corrected chi connectivity index (χ0v) is 19.1. The number of rotatable bonds is 8. The summed E-state index contributed by atoms with van der Waals surface area (Å²) in [6, 6.07) is 2.60. The first-order valence-electron chi connectivity index (χ1n) is 9.99. The number of hydrogen-bond donors (Lipinski definition) is 3. The van der Waals surface area contributed by atoms with Crippen molar-refractivity contribution in [2.45, 2.75) is 37.9 Å². The first-order valence-corrected chi connectivity index (χ1v) is 10.7. The average molecular weight is 492 g/mol. The van der Waals surface area contributed by atoms with Crippen LogP contribution in [0.2, 0.25) is 5.02 Å². The predicted octanol–water partition coefficient (Wildman–Crippen LogP) is 5.32. The normalized spacial score (nSPS) is 19.9. The van der Waals surface area contributed by atoms with Gasteiger partial charge in [0.2, 0.25) is 0 Å². The van der Waals surface area contributed by atoms with Gasteiger partial charge in [-0.3, -0.25) is 4.79 Å². The largest absolute Gasteiger partial charge is 0.483 e. The minimum atomic E-state index is -4.54. The van der Waals surface area contributed by atoms with Gasteiger partial charge in [-0.1, -0.05) is 29.8 Å². The van der Waals surface area contributed by atoms with Crippen LogP contribution in [0, 0.1) is 5.92 Å². The Balaban J connectivity index is 1.84. The second kappa shape index (κ2) is 11.5. The van der Waals surface area contributed by atoms with E-state index in [0.29, 0.717) is 36.0 Å². The van der Waals surface area contributed by atoms with E-state index in [0.717, 1.165) is 31.0 Å². The molecule has 0 saturated heterocycles. The molecule has 0 aliphatic heterocycles. The molecule has 10 heteroatoms. The number of allylic oxidation sites excluding steroid dienone is 3. The highest BCUT2D eigenvalue weighted by molar-refractivity contribution is 6.33. The van der Waals surface area contributed by atoms with Gasteiger partial charge in [0.05, 0.1) is 28.3 Å². The molecule has 0 heterocycles. The van der Waals surface area contributed by atoms with Crippen LogP contribution in [0.1, 0.15) is 41.6 Å². The van der Waals surface area contributed by atoms with Crippen molar-refractivity contribution in [2.24, 2.45) is 11.7 Å². The number of carbonyl (C=O) groups is 1. The Morgan fingerprint density at radius 2 is 1.94 bits per heavy atom. The van der Waals surface area contributed by atoms with Crippen LogP contribution in [0.4, 0.5) is 13.2 Å². The molecule has 1 amide bonds. The number of ether oxygens (including phenoxy) is 1. The number of alkyl halides is 3. The highest BCUT2D eigenvalue weighted by atomic mass is 35.5. The Labute approximate surface area is 195 Å². The Morgan fingerprint density at radius 1 is 1.28 bits per heavy atom. The van der Waals surface area contributed by atoms with Crippen molar-refractivity contribution in [3.63, 3.8) is 0 Å². The van der Waals surface area contributed by atoms with E-state index in [1.165, 1.54) is 13.2 Å². The molecule has 1 aromatic rings. The molecule has 4 N–H and O–H groups in total. The summed E-state index contributed by atoms with van der Waals surface area (Å²) in [4.78, 5) is 12.5. The number of nitrogens with two attached hydrogens (primary N) is 1. The molecule has 1 fully saturated rings. The third kappa shape index (κ3) is 7.67. The Morgan fingerprint density at radius 3 is 2.53 bits per heavy atom. The molecule has 0 bridgehead atoms. The first kappa shape index (κ1) is 25.9. The number of amides is 1. The average Bonchev–Trinajstić information content (AvgIpc) is 2.75. The molecule has 0 spiro atoms. The van der Waals surface area contributed by atoms with Crippen LogP contribution in [0.5, 0.6) is 0 Å². The molecule has 1 aromatic carbocycles. The molecule has 2 rings (SSSR count). The van der Waals surface area contributed by atoms with Crippen molar-refractivity contribution in [1.82, 2.24) is 10.6 Å². The molecule has 176 valence electrons. The fourth-order valence-corrected chi connectivity index (χ4v) is 3.66. The van der Waals surface area contributed by atoms with Gasteiger partial charge in [0.15, 0.2) is 5.88 Å². The van der Waals surface area contributed by atoms with Crippen molar-refractivity contribution in [1.29, 1.82) is 0 Å². The smallest absolute Gasteiger partial charge is 0.416 e. The summed E-state index contributed by atoms with van der Waals surface area (Å²) in [6.07, 6.45) is 1.65. The van der Waals surface area contributed by atoms with E-state index in [1.54, 1.807) is 6.08 Å². The number of methoxy groups -OCH3 is 1. The lowest BCUT2D eigenvalue weighted by molar-refractivity contribution is -0.137. The molecule has 1 saturated carbocycles. The molecule has 32 heavy (non-hydrogen) atoms. The quantitative estimate of drug-likeness (QED) is 0.339. The van der Waals surface area contributed by atoms with Crippen molar-refractivity contribution >= 4 is 29.1 Å². The minimum Gasteiger partial charge on any atom is -0.483 e. The molecule has 0 aromatic heterocycles. The van der Waals surface area contributed by atoms with Crippen molar-refractivity contribution < 1.29 is 22.7 Å². The minimum absolute atomic E-state index is 0.0149. The Hall–Kier alpha value is -2.32. The van der Waals surface area contributed by atoms with E-state index in [1.807, 2.05) is 0 Å². The zero-order valence-electron chi connectivity index (χ0n) is 17.6. The SMILES string of the molecule is C=C(NCC1CCC(NC(=O)c2cc(C(F)(F)F)ccc2Cl)CC1)/C(Cl)=C\C=C(/N)OC. The zero-order chi connectivity index (χ0) is 23.9. The molecule has 0 radical (unpaired) electrons. The summed E-state index contributed by atoms with van der Waals surface area (Å²) < 4.78 is 43.6. The third-order valence-electron chi connectivity index (χ3n) is 5.24. The van der Waals surface area contributed by atoms with Crippen LogP contribution in [-0.4, -0.2) is 25.6 Å². The van der Waals surface area contributed by atoms with Crippen molar-refractivity contribution in [2.75, 3.05) is 13.7 Å². The van der Waals surface area contributed by atoms with Crippen LogP contribution in [0.15, 0.2) is 53.5 Å². The molecular weight excluding hydrogens is 466 g/mol. The van der Waals surface area contributed by atoms with E-state index >= 15 is 0 Å². The van der Waals surface area contributed by atoms with Gasteiger partial charge in [-0.25, -0.2) is 0 Å². The Kier molecular flexibility index (Phi) is 9.33. The van der Waals surface area contributed by atoms with Gasteiger partial charge >= 0.3 is 6.18 Å². The fraction of sp³-hybridized carbons (Fsp3) is 0.409. The van der Waals surface area contributed by atoms with Gasteiger partial charge in [-0.2, -0.15) is 13.2 Å². The van der Waals surface area contributed by atoms with Gasteiger partial charge in [0.1, 0.15) is 0 Å². The highest BCUT2D eigenvalue weighted by Crippen LogP contribution is 2.32. The van der Waals surface area contributed by atoms with Crippen LogP contribution in [0.3, 0.4) is 0 Å². The number of carbonyl (C=O) groups excluding carboxylic acids is 1. The summed E-state index contributed by atoms with van der Waals surface area (Å²) >= 11 is 12.1.